The van der Waals surface area contributed by atoms with Crippen molar-refractivity contribution in [1.82, 2.24) is 9.88 Å². The number of amides is 2. The summed E-state index contributed by atoms with van der Waals surface area (Å²) >= 11 is 2.92. The summed E-state index contributed by atoms with van der Waals surface area (Å²) in [6.45, 7) is 1.84. The molecule has 1 saturated heterocycles. The van der Waals surface area contributed by atoms with Crippen molar-refractivity contribution in [3.8, 4) is 16.8 Å². The lowest BCUT2D eigenvalue weighted by molar-refractivity contribution is -0.119. The van der Waals surface area contributed by atoms with Gasteiger partial charge in [0.05, 0.1) is 23.8 Å². The molecular formula is C20H16N4O3S2. The molecule has 1 N–H and O–H groups in total. The van der Waals surface area contributed by atoms with Crippen molar-refractivity contribution in [2.75, 3.05) is 16.9 Å². The van der Waals surface area contributed by atoms with E-state index in [1.165, 1.54) is 23.1 Å². The van der Waals surface area contributed by atoms with Gasteiger partial charge in [-0.1, -0.05) is 0 Å². The minimum absolute atomic E-state index is 0.257. The summed E-state index contributed by atoms with van der Waals surface area (Å²) in [5, 5.41) is 12.3. The van der Waals surface area contributed by atoms with Crippen LogP contribution in [-0.4, -0.2) is 39.4 Å². The van der Waals surface area contributed by atoms with Crippen LogP contribution in [0.5, 0.6) is 0 Å². The molecule has 3 aromatic rings. The van der Waals surface area contributed by atoms with E-state index in [4.69, 9.17) is 9.68 Å². The van der Waals surface area contributed by atoms with Gasteiger partial charge in [-0.05, 0) is 43.3 Å². The van der Waals surface area contributed by atoms with Crippen LogP contribution >= 0.6 is 23.1 Å². The predicted octanol–water partition coefficient (Wildman–Crippen LogP) is 3.74. The molecule has 146 valence electrons. The summed E-state index contributed by atoms with van der Waals surface area (Å²) < 4.78 is 5.37. The molecule has 1 aromatic carbocycles. The Bertz CT molecular complexity index is 1080. The number of thioether (sulfide) groups is 1. The van der Waals surface area contributed by atoms with Crippen molar-refractivity contribution in [2.45, 2.75) is 13.0 Å². The average molecular weight is 425 g/mol. The second kappa shape index (κ2) is 8.11. The first-order valence-corrected chi connectivity index (χ1v) is 10.7. The van der Waals surface area contributed by atoms with Crippen LogP contribution in [0.25, 0.3) is 10.8 Å². The third-order valence-electron chi connectivity index (χ3n) is 4.46. The number of nitrogens with zero attached hydrogens (tertiary/aromatic N) is 3. The number of aryl methyl sites for hydroxylation is 1. The van der Waals surface area contributed by atoms with E-state index in [1.807, 2.05) is 13.0 Å². The molecule has 0 spiro atoms. The van der Waals surface area contributed by atoms with Crippen LogP contribution in [0, 0.1) is 18.3 Å². The van der Waals surface area contributed by atoms with Gasteiger partial charge in [-0.3, -0.25) is 9.59 Å². The van der Waals surface area contributed by atoms with Crippen molar-refractivity contribution in [1.29, 1.82) is 5.26 Å². The zero-order valence-electron chi connectivity index (χ0n) is 15.4. The number of benzene rings is 1. The summed E-state index contributed by atoms with van der Waals surface area (Å²) in [4.78, 5) is 32.7. The number of nitriles is 1. The normalized spacial score (nSPS) is 15.9. The second-order valence-electron chi connectivity index (χ2n) is 6.37. The van der Waals surface area contributed by atoms with Gasteiger partial charge in [0.15, 0.2) is 10.8 Å². The molecule has 1 aliphatic heterocycles. The zero-order valence-corrected chi connectivity index (χ0v) is 17.0. The van der Waals surface area contributed by atoms with Gasteiger partial charge in [0, 0.05) is 16.3 Å². The zero-order chi connectivity index (χ0) is 20.4. The molecule has 1 atom stereocenters. The molecule has 4 rings (SSSR count). The van der Waals surface area contributed by atoms with Crippen molar-refractivity contribution in [2.24, 2.45) is 0 Å². The van der Waals surface area contributed by atoms with Crippen LogP contribution in [-0.2, 0) is 4.79 Å². The number of carbonyl (C=O) groups is 2. The first-order chi connectivity index (χ1) is 14.1. The Morgan fingerprint density at radius 1 is 1.31 bits per heavy atom. The molecule has 1 fully saturated rings. The van der Waals surface area contributed by atoms with E-state index in [0.717, 1.165) is 4.88 Å². The van der Waals surface area contributed by atoms with Crippen LogP contribution < -0.4 is 5.32 Å². The SMILES string of the molecule is Cc1sc(-c2ccco2)nc1C(=O)N1CSCC1C(=O)Nc1ccc(C#N)cc1. The molecule has 9 heteroatoms. The molecule has 0 aliphatic carbocycles. The number of aromatic nitrogens is 1. The summed E-state index contributed by atoms with van der Waals surface area (Å²) in [7, 11) is 0. The van der Waals surface area contributed by atoms with Gasteiger partial charge in [0.25, 0.3) is 5.91 Å². The molecule has 0 saturated carbocycles. The van der Waals surface area contributed by atoms with Gasteiger partial charge in [-0.2, -0.15) is 5.26 Å². The summed E-state index contributed by atoms with van der Waals surface area (Å²) in [6, 6.07) is 11.6. The Labute approximate surface area is 175 Å². The Kier molecular flexibility index (Phi) is 5.38. The molecule has 2 aromatic heterocycles. The fraction of sp³-hybridized carbons (Fsp3) is 0.200. The second-order valence-corrected chi connectivity index (χ2v) is 8.57. The molecule has 1 aliphatic rings. The molecule has 0 radical (unpaired) electrons. The van der Waals surface area contributed by atoms with Gasteiger partial charge in [0.1, 0.15) is 11.7 Å². The molecule has 29 heavy (non-hydrogen) atoms. The summed E-state index contributed by atoms with van der Waals surface area (Å²) in [5.41, 5.74) is 1.45. The minimum Gasteiger partial charge on any atom is -0.462 e. The van der Waals surface area contributed by atoms with E-state index >= 15 is 0 Å². The van der Waals surface area contributed by atoms with Crippen LogP contribution in [0.1, 0.15) is 20.9 Å². The van der Waals surface area contributed by atoms with E-state index in [1.54, 1.807) is 47.6 Å². The van der Waals surface area contributed by atoms with Crippen LogP contribution in [0.3, 0.4) is 0 Å². The maximum absolute atomic E-state index is 13.1. The monoisotopic (exact) mass is 424 g/mol. The first-order valence-electron chi connectivity index (χ1n) is 8.78. The highest BCUT2D eigenvalue weighted by Gasteiger charge is 2.37. The number of rotatable bonds is 4. The highest BCUT2D eigenvalue weighted by molar-refractivity contribution is 7.99. The smallest absolute Gasteiger partial charge is 0.275 e. The Balaban J connectivity index is 1.51. The third-order valence-corrected chi connectivity index (χ3v) is 6.46. The van der Waals surface area contributed by atoms with E-state index in [0.29, 0.717) is 39.3 Å². The van der Waals surface area contributed by atoms with Gasteiger partial charge in [-0.15, -0.1) is 23.1 Å². The lowest BCUT2D eigenvalue weighted by Crippen LogP contribution is -2.44. The first kappa shape index (κ1) is 19.2. The highest BCUT2D eigenvalue weighted by Crippen LogP contribution is 2.31. The number of hydrogen-bond acceptors (Lipinski definition) is 7. The van der Waals surface area contributed by atoms with Crippen molar-refractivity contribution in [3.63, 3.8) is 0 Å². The third kappa shape index (κ3) is 3.90. The predicted molar refractivity (Wildman–Crippen MR) is 112 cm³/mol. The largest absolute Gasteiger partial charge is 0.462 e. The number of furan rings is 1. The Morgan fingerprint density at radius 2 is 2.10 bits per heavy atom. The summed E-state index contributed by atoms with van der Waals surface area (Å²) in [5.74, 6) is 1.04. The van der Waals surface area contributed by atoms with Crippen LogP contribution in [0.4, 0.5) is 5.69 Å². The quantitative estimate of drug-likeness (QED) is 0.685. The number of hydrogen-bond donors (Lipinski definition) is 1. The standard InChI is InChI=1S/C20H16N4O3S2/c1-12-17(23-19(29-12)16-3-2-8-27-16)20(26)24-11-28-10-15(24)18(25)22-14-6-4-13(9-21)5-7-14/h2-8,15H,10-11H2,1H3,(H,22,25). The number of carbonyl (C=O) groups excluding carboxylic acids is 2. The molecule has 7 nitrogen and oxygen atoms in total. The van der Waals surface area contributed by atoms with Gasteiger partial charge < -0.3 is 14.6 Å². The maximum Gasteiger partial charge on any atom is 0.275 e. The lowest BCUT2D eigenvalue weighted by Gasteiger charge is -2.22. The Hall–Kier alpha value is -3.09. The van der Waals surface area contributed by atoms with Crippen LogP contribution in [0.2, 0.25) is 0 Å². The topological polar surface area (TPSA) is 99.2 Å². The molecule has 3 heterocycles. The van der Waals surface area contributed by atoms with Crippen LogP contribution in [0.15, 0.2) is 47.1 Å². The molecule has 1 unspecified atom stereocenters. The maximum atomic E-state index is 13.1. The fourth-order valence-electron chi connectivity index (χ4n) is 2.95. The van der Waals surface area contributed by atoms with Crippen molar-refractivity contribution in [3.05, 3.63) is 58.8 Å². The van der Waals surface area contributed by atoms with Crippen molar-refractivity contribution < 1.29 is 14.0 Å². The van der Waals surface area contributed by atoms with Gasteiger partial charge in [-0.25, -0.2) is 4.98 Å². The number of nitrogens with one attached hydrogen (secondary N) is 1. The van der Waals surface area contributed by atoms with E-state index in [-0.39, 0.29) is 11.8 Å². The van der Waals surface area contributed by atoms with Gasteiger partial charge >= 0.3 is 0 Å². The molecule has 0 bridgehead atoms. The lowest BCUT2D eigenvalue weighted by atomic mass is 10.2. The van der Waals surface area contributed by atoms with E-state index < -0.39 is 6.04 Å². The Morgan fingerprint density at radius 3 is 2.79 bits per heavy atom. The van der Waals surface area contributed by atoms with Gasteiger partial charge in [0.2, 0.25) is 5.91 Å². The molecular weight excluding hydrogens is 408 g/mol. The highest BCUT2D eigenvalue weighted by atomic mass is 32.2. The average Bonchev–Trinajstić information content (AvgIpc) is 3.48. The van der Waals surface area contributed by atoms with E-state index in [9.17, 15) is 9.59 Å². The number of anilines is 1. The molecule has 2 amide bonds. The van der Waals surface area contributed by atoms with Crippen molar-refractivity contribution >= 4 is 40.6 Å². The minimum atomic E-state index is -0.587. The fourth-order valence-corrected chi connectivity index (χ4v) is 4.98. The van der Waals surface area contributed by atoms with E-state index in [2.05, 4.69) is 10.3 Å². The number of thiazole rings is 1. The summed E-state index contributed by atoms with van der Waals surface area (Å²) in [6.07, 6.45) is 1.56.